The van der Waals surface area contributed by atoms with E-state index in [0.29, 0.717) is 32.2 Å². The number of nitrogens with one attached hydrogen (secondary N) is 3. The number of rotatable bonds is 16. The van der Waals surface area contributed by atoms with Crippen molar-refractivity contribution in [1.29, 1.82) is 0 Å². The standard InChI is InChI=1S/C21H41N5O5S/c1-5-13(4)17(21(30)31)26-20(29)16(11-32)25-19(28)15(10-12(2)3)24-18(27)14(23)8-6-7-9-22/h12-17,32H,5-11,22-23H2,1-4H3,(H,24,27)(H,25,28)(H,26,29)(H,30,31). The number of hydrogen-bond acceptors (Lipinski definition) is 7. The number of carboxylic acids is 1. The molecule has 186 valence electrons. The predicted octanol–water partition coefficient (Wildman–Crippen LogP) is 0.00370. The summed E-state index contributed by atoms with van der Waals surface area (Å²) in [6.45, 7) is 7.86. The van der Waals surface area contributed by atoms with Crippen molar-refractivity contribution in [3.05, 3.63) is 0 Å². The topological polar surface area (TPSA) is 177 Å². The first kappa shape index (κ1) is 30.1. The van der Waals surface area contributed by atoms with Gasteiger partial charge in [-0.2, -0.15) is 12.6 Å². The maximum Gasteiger partial charge on any atom is 0.326 e. The summed E-state index contributed by atoms with van der Waals surface area (Å²) in [4.78, 5) is 49.4. The highest BCUT2D eigenvalue weighted by atomic mass is 32.1. The van der Waals surface area contributed by atoms with Crippen LogP contribution in [0, 0.1) is 11.8 Å². The summed E-state index contributed by atoms with van der Waals surface area (Å²) < 4.78 is 0. The third-order valence-electron chi connectivity index (χ3n) is 5.24. The molecule has 0 saturated carbocycles. The molecule has 8 N–H and O–H groups in total. The van der Waals surface area contributed by atoms with Crippen LogP contribution in [0.25, 0.3) is 0 Å². The molecule has 0 bridgehead atoms. The lowest BCUT2D eigenvalue weighted by Gasteiger charge is -2.26. The lowest BCUT2D eigenvalue weighted by Crippen LogP contribution is -2.58. The second kappa shape index (κ2) is 15.9. The summed E-state index contributed by atoms with van der Waals surface area (Å²) in [5.41, 5.74) is 11.4. The average molecular weight is 476 g/mol. The fourth-order valence-corrected chi connectivity index (χ4v) is 3.28. The van der Waals surface area contributed by atoms with Gasteiger partial charge >= 0.3 is 5.97 Å². The van der Waals surface area contributed by atoms with Crippen LogP contribution in [0.4, 0.5) is 0 Å². The van der Waals surface area contributed by atoms with Gasteiger partial charge in [0, 0.05) is 5.75 Å². The number of carbonyl (C=O) groups excluding carboxylic acids is 3. The molecule has 0 aliphatic heterocycles. The molecule has 0 aliphatic rings. The average Bonchev–Trinajstić information content (AvgIpc) is 2.73. The largest absolute Gasteiger partial charge is 0.480 e. The number of aliphatic carboxylic acids is 1. The Morgan fingerprint density at radius 2 is 1.50 bits per heavy atom. The van der Waals surface area contributed by atoms with Gasteiger partial charge < -0.3 is 32.5 Å². The minimum absolute atomic E-state index is 0.0363. The van der Waals surface area contributed by atoms with E-state index in [0.717, 1.165) is 6.42 Å². The van der Waals surface area contributed by atoms with Crippen LogP contribution in [-0.4, -0.2) is 65.3 Å². The van der Waals surface area contributed by atoms with Crippen LogP contribution in [0.2, 0.25) is 0 Å². The second-order valence-electron chi connectivity index (χ2n) is 8.54. The van der Waals surface area contributed by atoms with E-state index in [1.165, 1.54) is 0 Å². The Morgan fingerprint density at radius 1 is 0.938 bits per heavy atom. The molecule has 0 aromatic carbocycles. The molecule has 11 heteroatoms. The number of nitrogens with two attached hydrogens (primary N) is 2. The zero-order valence-corrected chi connectivity index (χ0v) is 20.5. The van der Waals surface area contributed by atoms with Crippen molar-refractivity contribution in [2.75, 3.05) is 12.3 Å². The van der Waals surface area contributed by atoms with E-state index < -0.39 is 47.9 Å². The van der Waals surface area contributed by atoms with Crippen molar-refractivity contribution >= 4 is 36.3 Å². The Labute approximate surface area is 196 Å². The van der Waals surface area contributed by atoms with Gasteiger partial charge in [-0.25, -0.2) is 4.79 Å². The smallest absolute Gasteiger partial charge is 0.326 e. The quantitative estimate of drug-likeness (QED) is 0.121. The number of unbranched alkanes of at least 4 members (excludes halogenated alkanes) is 1. The van der Waals surface area contributed by atoms with Crippen molar-refractivity contribution in [3.8, 4) is 0 Å². The van der Waals surface area contributed by atoms with Gasteiger partial charge in [0.05, 0.1) is 6.04 Å². The highest BCUT2D eigenvalue weighted by molar-refractivity contribution is 7.80. The van der Waals surface area contributed by atoms with Crippen LogP contribution < -0.4 is 27.4 Å². The third kappa shape index (κ3) is 11.1. The molecule has 32 heavy (non-hydrogen) atoms. The summed E-state index contributed by atoms with van der Waals surface area (Å²) >= 11 is 4.13. The number of hydrogen-bond donors (Lipinski definition) is 7. The monoisotopic (exact) mass is 475 g/mol. The molecule has 0 saturated heterocycles. The van der Waals surface area contributed by atoms with E-state index in [4.69, 9.17) is 11.5 Å². The maximum absolute atomic E-state index is 12.9. The molecule has 0 fully saturated rings. The molecule has 0 aromatic rings. The molecule has 10 nitrogen and oxygen atoms in total. The summed E-state index contributed by atoms with van der Waals surface area (Å²) in [5, 5.41) is 17.1. The van der Waals surface area contributed by atoms with Crippen LogP contribution in [0.3, 0.4) is 0 Å². The van der Waals surface area contributed by atoms with Gasteiger partial charge in [-0.3, -0.25) is 14.4 Å². The summed E-state index contributed by atoms with van der Waals surface area (Å²) in [6.07, 6.45) is 2.81. The molecular weight excluding hydrogens is 434 g/mol. The van der Waals surface area contributed by atoms with E-state index in [9.17, 15) is 24.3 Å². The Kier molecular flexibility index (Phi) is 15.0. The Bertz CT molecular complexity index is 619. The highest BCUT2D eigenvalue weighted by Crippen LogP contribution is 2.10. The van der Waals surface area contributed by atoms with Crippen LogP contribution in [0.15, 0.2) is 0 Å². The van der Waals surface area contributed by atoms with E-state index in [-0.39, 0.29) is 17.6 Å². The van der Waals surface area contributed by atoms with E-state index in [1.807, 2.05) is 20.8 Å². The van der Waals surface area contributed by atoms with Crippen molar-refractivity contribution in [2.45, 2.75) is 84.0 Å². The van der Waals surface area contributed by atoms with Crippen molar-refractivity contribution in [2.24, 2.45) is 23.3 Å². The lowest BCUT2D eigenvalue weighted by atomic mass is 9.99. The van der Waals surface area contributed by atoms with Gasteiger partial charge in [-0.15, -0.1) is 0 Å². The third-order valence-corrected chi connectivity index (χ3v) is 5.60. The Balaban J connectivity index is 5.20. The maximum atomic E-state index is 12.9. The van der Waals surface area contributed by atoms with E-state index in [1.54, 1.807) is 6.92 Å². The molecule has 0 rings (SSSR count). The van der Waals surface area contributed by atoms with Crippen LogP contribution in [0.1, 0.15) is 59.8 Å². The summed E-state index contributed by atoms with van der Waals surface area (Å²) in [7, 11) is 0. The van der Waals surface area contributed by atoms with Gasteiger partial charge in [0.25, 0.3) is 0 Å². The first-order chi connectivity index (χ1) is 15.0. The molecule has 0 spiro atoms. The zero-order chi connectivity index (χ0) is 24.8. The Morgan fingerprint density at radius 3 is 1.97 bits per heavy atom. The molecule has 0 radical (unpaired) electrons. The number of thiol groups is 1. The molecule has 0 heterocycles. The first-order valence-corrected chi connectivity index (χ1v) is 11.8. The van der Waals surface area contributed by atoms with Crippen molar-refractivity contribution < 1.29 is 24.3 Å². The molecular formula is C21H41N5O5S. The SMILES string of the molecule is CCC(C)C(NC(=O)C(CS)NC(=O)C(CC(C)C)NC(=O)C(N)CCCCN)C(=O)O. The predicted molar refractivity (Wildman–Crippen MR) is 127 cm³/mol. The van der Waals surface area contributed by atoms with E-state index >= 15 is 0 Å². The minimum Gasteiger partial charge on any atom is -0.480 e. The van der Waals surface area contributed by atoms with Crippen LogP contribution in [-0.2, 0) is 19.2 Å². The van der Waals surface area contributed by atoms with Gasteiger partial charge in [0.1, 0.15) is 18.1 Å². The van der Waals surface area contributed by atoms with Gasteiger partial charge in [-0.05, 0) is 37.6 Å². The highest BCUT2D eigenvalue weighted by Gasteiger charge is 2.31. The van der Waals surface area contributed by atoms with E-state index in [2.05, 4.69) is 28.6 Å². The van der Waals surface area contributed by atoms with Gasteiger partial charge in [0.2, 0.25) is 17.7 Å². The molecule has 5 unspecified atom stereocenters. The molecule has 5 atom stereocenters. The fraction of sp³-hybridized carbons (Fsp3) is 0.810. The van der Waals surface area contributed by atoms with Crippen LogP contribution >= 0.6 is 12.6 Å². The minimum atomic E-state index is -1.15. The molecule has 3 amide bonds. The number of carboxylic acid groups (broad SMARTS) is 1. The van der Waals surface area contributed by atoms with Crippen LogP contribution in [0.5, 0.6) is 0 Å². The summed E-state index contributed by atoms with van der Waals surface area (Å²) in [6, 6.07) is -3.78. The Hall–Kier alpha value is -1.85. The second-order valence-corrected chi connectivity index (χ2v) is 8.90. The number of amides is 3. The molecule has 0 aromatic heterocycles. The number of carbonyl (C=O) groups is 4. The lowest BCUT2D eigenvalue weighted by molar-refractivity contribution is -0.143. The first-order valence-electron chi connectivity index (χ1n) is 11.2. The fourth-order valence-electron chi connectivity index (χ4n) is 3.02. The van der Waals surface area contributed by atoms with Gasteiger partial charge in [0.15, 0.2) is 0 Å². The molecule has 0 aliphatic carbocycles. The zero-order valence-electron chi connectivity index (χ0n) is 19.6. The normalized spacial score (nSPS) is 15.9. The van der Waals surface area contributed by atoms with Crippen molar-refractivity contribution in [1.82, 2.24) is 16.0 Å². The van der Waals surface area contributed by atoms with Crippen molar-refractivity contribution in [3.63, 3.8) is 0 Å². The van der Waals surface area contributed by atoms with Gasteiger partial charge in [-0.1, -0.05) is 40.5 Å². The summed E-state index contributed by atoms with van der Waals surface area (Å²) in [5.74, 6) is -3.03.